The van der Waals surface area contributed by atoms with Crippen LogP contribution in [-0.2, 0) is 9.53 Å². The maximum Gasteiger partial charge on any atom is 0.273 e. The van der Waals surface area contributed by atoms with Gasteiger partial charge >= 0.3 is 0 Å². The van der Waals surface area contributed by atoms with Crippen LogP contribution in [0.3, 0.4) is 0 Å². The van der Waals surface area contributed by atoms with Gasteiger partial charge in [0.15, 0.2) is 0 Å². The standard InChI is InChI=1S/C23H26N4O3/c1-17(2)16-30-14-13-21(28)24-25-23(29)20-15-27(19-11-7-4-8-12-19)26-22(20)18-9-5-3-6-10-18/h3-12,15,17H,13-14,16H2,1-2H3,(H,24,28)(H,25,29). The number of amides is 2. The fourth-order valence-corrected chi connectivity index (χ4v) is 2.80. The number of hydrogen-bond donors (Lipinski definition) is 2. The lowest BCUT2D eigenvalue weighted by Gasteiger charge is -2.09. The molecule has 7 heteroatoms. The second-order valence-corrected chi connectivity index (χ2v) is 7.26. The number of carbonyl (C=O) groups is 2. The van der Waals surface area contributed by atoms with Crippen molar-refractivity contribution in [1.82, 2.24) is 20.6 Å². The molecule has 2 aromatic carbocycles. The van der Waals surface area contributed by atoms with Gasteiger partial charge in [0.25, 0.3) is 5.91 Å². The third-order valence-electron chi connectivity index (χ3n) is 4.27. The smallest absolute Gasteiger partial charge is 0.273 e. The van der Waals surface area contributed by atoms with Crippen LogP contribution in [0.2, 0.25) is 0 Å². The van der Waals surface area contributed by atoms with Crippen LogP contribution in [0, 0.1) is 5.92 Å². The molecule has 0 radical (unpaired) electrons. The van der Waals surface area contributed by atoms with E-state index in [2.05, 4.69) is 16.0 Å². The van der Waals surface area contributed by atoms with Crippen molar-refractivity contribution in [1.29, 1.82) is 0 Å². The van der Waals surface area contributed by atoms with Crippen LogP contribution in [0.1, 0.15) is 30.6 Å². The van der Waals surface area contributed by atoms with Gasteiger partial charge in [0.2, 0.25) is 5.91 Å². The Hall–Kier alpha value is -3.45. The molecule has 0 aliphatic rings. The number of rotatable bonds is 8. The minimum Gasteiger partial charge on any atom is -0.381 e. The molecule has 1 aromatic heterocycles. The predicted octanol–water partition coefficient (Wildman–Crippen LogP) is 3.36. The molecule has 30 heavy (non-hydrogen) atoms. The Kier molecular flexibility index (Phi) is 7.34. The summed E-state index contributed by atoms with van der Waals surface area (Å²) >= 11 is 0. The number of carbonyl (C=O) groups excluding carboxylic acids is 2. The van der Waals surface area contributed by atoms with E-state index in [0.29, 0.717) is 30.4 Å². The Morgan fingerprint density at radius 2 is 1.67 bits per heavy atom. The summed E-state index contributed by atoms with van der Waals surface area (Å²) in [6, 6.07) is 19.0. The Balaban J connectivity index is 1.71. The van der Waals surface area contributed by atoms with E-state index in [9.17, 15) is 9.59 Å². The number of hydrazine groups is 1. The van der Waals surface area contributed by atoms with E-state index in [1.807, 2.05) is 74.5 Å². The topological polar surface area (TPSA) is 85.3 Å². The number of ether oxygens (including phenoxy) is 1. The average molecular weight is 406 g/mol. The van der Waals surface area contributed by atoms with Gasteiger partial charge in [0, 0.05) is 18.4 Å². The van der Waals surface area contributed by atoms with Crippen molar-refractivity contribution < 1.29 is 14.3 Å². The zero-order valence-electron chi connectivity index (χ0n) is 17.2. The molecule has 0 aliphatic carbocycles. The molecule has 2 N–H and O–H groups in total. The predicted molar refractivity (Wildman–Crippen MR) is 115 cm³/mol. The van der Waals surface area contributed by atoms with Crippen molar-refractivity contribution >= 4 is 11.8 Å². The van der Waals surface area contributed by atoms with Crippen LogP contribution >= 0.6 is 0 Å². The van der Waals surface area contributed by atoms with Crippen LogP contribution in [0.4, 0.5) is 0 Å². The zero-order chi connectivity index (χ0) is 21.3. The fourth-order valence-electron chi connectivity index (χ4n) is 2.80. The number of aromatic nitrogens is 2. The zero-order valence-corrected chi connectivity index (χ0v) is 17.2. The lowest BCUT2D eigenvalue weighted by atomic mass is 10.1. The van der Waals surface area contributed by atoms with E-state index in [0.717, 1.165) is 11.3 Å². The van der Waals surface area contributed by atoms with E-state index >= 15 is 0 Å². The minimum atomic E-state index is -0.438. The summed E-state index contributed by atoms with van der Waals surface area (Å²) in [4.78, 5) is 24.8. The molecular formula is C23H26N4O3. The van der Waals surface area contributed by atoms with E-state index in [1.165, 1.54) is 0 Å². The van der Waals surface area contributed by atoms with E-state index in [-0.39, 0.29) is 12.3 Å². The normalized spacial score (nSPS) is 10.8. The molecule has 0 fully saturated rings. The van der Waals surface area contributed by atoms with Gasteiger partial charge in [-0.2, -0.15) is 5.10 Å². The van der Waals surface area contributed by atoms with E-state index < -0.39 is 5.91 Å². The van der Waals surface area contributed by atoms with Crippen molar-refractivity contribution in [3.63, 3.8) is 0 Å². The largest absolute Gasteiger partial charge is 0.381 e. The van der Waals surface area contributed by atoms with Crippen molar-refractivity contribution in [3.8, 4) is 16.9 Å². The first kappa shape index (κ1) is 21.3. The summed E-state index contributed by atoms with van der Waals surface area (Å²) in [7, 11) is 0. The highest BCUT2D eigenvalue weighted by atomic mass is 16.5. The number of nitrogens with zero attached hydrogens (tertiary/aromatic N) is 2. The summed E-state index contributed by atoms with van der Waals surface area (Å²) in [5, 5.41) is 4.60. The Morgan fingerprint density at radius 1 is 1.00 bits per heavy atom. The highest BCUT2D eigenvalue weighted by molar-refractivity contribution is 6.00. The maximum absolute atomic E-state index is 12.8. The second-order valence-electron chi connectivity index (χ2n) is 7.26. The van der Waals surface area contributed by atoms with Crippen LogP contribution in [-0.4, -0.2) is 34.8 Å². The lowest BCUT2D eigenvalue weighted by molar-refractivity contribution is -0.123. The molecule has 0 spiro atoms. The summed E-state index contributed by atoms with van der Waals surface area (Å²) in [6.45, 7) is 4.99. The van der Waals surface area contributed by atoms with Gasteiger partial charge in [-0.1, -0.05) is 62.4 Å². The molecule has 156 valence electrons. The van der Waals surface area contributed by atoms with Crippen LogP contribution in [0.25, 0.3) is 16.9 Å². The third kappa shape index (κ3) is 5.78. The highest BCUT2D eigenvalue weighted by Gasteiger charge is 2.19. The van der Waals surface area contributed by atoms with Gasteiger partial charge in [-0.25, -0.2) is 4.68 Å². The first-order valence-electron chi connectivity index (χ1n) is 9.92. The van der Waals surface area contributed by atoms with Gasteiger partial charge in [0.1, 0.15) is 5.69 Å². The fraction of sp³-hybridized carbons (Fsp3) is 0.261. The number of benzene rings is 2. The molecule has 0 saturated carbocycles. The molecule has 0 bridgehead atoms. The molecule has 0 aliphatic heterocycles. The molecular weight excluding hydrogens is 380 g/mol. The Bertz CT molecular complexity index is 969. The summed E-state index contributed by atoms with van der Waals surface area (Å²) in [5.74, 6) is -0.346. The summed E-state index contributed by atoms with van der Waals surface area (Å²) < 4.78 is 7.05. The van der Waals surface area contributed by atoms with Gasteiger partial charge in [-0.05, 0) is 18.1 Å². The Morgan fingerprint density at radius 3 is 2.33 bits per heavy atom. The van der Waals surface area contributed by atoms with Crippen LogP contribution < -0.4 is 10.9 Å². The van der Waals surface area contributed by atoms with E-state index in [1.54, 1.807) is 10.9 Å². The molecule has 0 unspecified atom stereocenters. The minimum absolute atomic E-state index is 0.168. The number of hydrogen-bond acceptors (Lipinski definition) is 4. The molecule has 1 heterocycles. The van der Waals surface area contributed by atoms with Crippen molar-refractivity contribution in [2.45, 2.75) is 20.3 Å². The Labute approximate surface area is 176 Å². The average Bonchev–Trinajstić information content (AvgIpc) is 3.22. The summed E-state index contributed by atoms with van der Waals surface area (Å²) in [6.07, 6.45) is 1.83. The maximum atomic E-state index is 12.8. The van der Waals surface area contributed by atoms with Crippen molar-refractivity contribution in [3.05, 3.63) is 72.4 Å². The molecule has 0 atom stereocenters. The quantitative estimate of drug-likeness (QED) is 0.444. The monoisotopic (exact) mass is 406 g/mol. The van der Waals surface area contributed by atoms with Crippen molar-refractivity contribution in [2.75, 3.05) is 13.2 Å². The molecule has 0 saturated heterocycles. The lowest BCUT2D eigenvalue weighted by Crippen LogP contribution is -2.42. The van der Waals surface area contributed by atoms with Gasteiger partial charge in [0.05, 0.1) is 24.3 Å². The third-order valence-corrected chi connectivity index (χ3v) is 4.27. The molecule has 7 nitrogen and oxygen atoms in total. The van der Waals surface area contributed by atoms with Crippen molar-refractivity contribution in [2.24, 2.45) is 5.92 Å². The second kappa shape index (κ2) is 10.4. The molecule has 3 aromatic rings. The molecule has 3 rings (SSSR count). The highest BCUT2D eigenvalue weighted by Crippen LogP contribution is 2.23. The first-order valence-corrected chi connectivity index (χ1v) is 9.92. The van der Waals surface area contributed by atoms with Gasteiger partial charge in [-0.3, -0.25) is 20.4 Å². The van der Waals surface area contributed by atoms with E-state index in [4.69, 9.17) is 4.74 Å². The first-order chi connectivity index (χ1) is 14.5. The van der Waals surface area contributed by atoms with Crippen LogP contribution in [0.15, 0.2) is 66.9 Å². The van der Waals surface area contributed by atoms with Gasteiger partial charge < -0.3 is 4.74 Å². The molecule has 2 amide bonds. The van der Waals surface area contributed by atoms with Gasteiger partial charge in [-0.15, -0.1) is 0 Å². The SMILES string of the molecule is CC(C)COCCC(=O)NNC(=O)c1cn(-c2ccccc2)nc1-c1ccccc1. The number of nitrogens with one attached hydrogen (secondary N) is 2. The summed E-state index contributed by atoms with van der Waals surface area (Å²) in [5.41, 5.74) is 7.46. The van der Waals surface area contributed by atoms with Crippen LogP contribution in [0.5, 0.6) is 0 Å². The number of para-hydroxylation sites is 1.